The Hall–Kier alpha value is -1.64. The van der Waals surface area contributed by atoms with Crippen molar-refractivity contribution < 1.29 is 39.6 Å². The van der Waals surface area contributed by atoms with Gasteiger partial charge in [-0.3, -0.25) is 19.2 Å². The van der Waals surface area contributed by atoms with Crippen molar-refractivity contribution in [2.75, 3.05) is 13.2 Å². The summed E-state index contributed by atoms with van der Waals surface area (Å²) in [6.45, 7) is 2.01. The van der Waals surface area contributed by atoms with E-state index in [4.69, 9.17) is 20.4 Å². The lowest BCUT2D eigenvalue weighted by molar-refractivity contribution is -0.162. The standard InChI is InChI=1S/C8H10O5.C3H8O3/c1-4(9)8(5(2)10,6(3)11)7(12)13;4-1-3(6)2-5/h1-3H3,(H,12,13);3-6H,1-2H2. The molecular weight excluding hydrogens is 260 g/mol. The molecule has 0 aliphatic heterocycles. The molecule has 0 amide bonds. The number of carbonyl (C=O) groups excluding carboxylic acids is 3. The van der Waals surface area contributed by atoms with Crippen LogP contribution in [0.4, 0.5) is 0 Å². The first-order chi connectivity index (χ1) is 8.58. The van der Waals surface area contributed by atoms with Crippen molar-refractivity contribution in [3.63, 3.8) is 0 Å². The predicted molar refractivity (Wildman–Crippen MR) is 62.3 cm³/mol. The lowest BCUT2D eigenvalue weighted by Crippen LogP contribution is -2.49. The molecule has 0 unspecified atom stereocenters. The zero-order valence-electron chi connectivity index (χ0n) is 10.9. The summed E-state index contributed by atoms with van der Waals surface area (Å²) in [5, 5.41) is 32.7. The van der Waals surface area contributed by atoms with Gasteiger partial charge < -0.3 is 20.4 Å². The number of aliphatic hydroxyl groups is 3. The second-order valence-corrected chi connectivity index (χ2v) is 3.74. The molecule has 0 aliphatic rings. The Kier molecular flexibility index (Phi) is 8.77. The first-order valence-corrected chi connectivity index (χ1v) is 5.25. The number of carboxylic acid groups (broad SMARTS) is 1. The second kappa shape index (κ2) is 8.46. The SMILES string of the molecule is CC(=O)C(C(C)=O)(C(C)=O)C(=O)O.OCC(O)CO. The quantitative estimate of drug-likeness (QED) is 0.414. The maximum atomic E-state index is 11.0. The molecule has 0 aliphatic carbocycles. The highest BCUT2D eigenvalue weighted by Crippen LogP contribution is 2.21. The van der Waals surface area contributed by atoms with Crippen molar-refractivity contribution in [3.8, 4) is 0 Å². The average molecular weight is 278 g/mol. The first kappa shape index (κ1) is 19.7. The first-order valence-electron chi connectivity index (χ1n) is 5.25. The van der Waals surface area contributed by atoms with Crippen LogP contribution in [-0.2, 0) is 19.2 Å². The minimum atomic E-state index is -2.50. The van der Waals surface area contributed by atoms with Crippen LogP contribution in [0.15, 0.2) is 0 Å². The van der Waals surface area contributed by atoms with Crippen LogP contribution in [0.25, 0.3) is 0 Å². The van der Waals surface area contributed by atoms with E-state index >= 15 is 0 Å². The van der Waals surface area contributed by atoms with E-state index in [0.717, 1.165) is 20.8 Å². The number of hydrogen-bond acceptors (Lipinski definition) is 7. The lowest BCUT2D eigenvalue weighted by atomic mass is 9.77. The molecule has 0 bridgehead atoms. The minimum Gasteiger partial charge on any atom is -0.480 e. The monoisotopic (exact) mass is 278 g/mol. The van der Waals surface area contributed by atoms with Gasteiger partial charge in [0.15, 0.2) is 17.3 Å². The molecule has 19 heavy (non-hydrogen) atoms. The number of aliphatic carboxylic acids is 1. The number of aliphatic hydroxyl groups excluding tert-OH is 3. The number of carbonyl (C=O) groups is 4. The zero-order valence-corrected chi connectivity index (χ0v) is 10.9. The molecule has 0 rings (SSSR count). The number of hydrogen-bond donors (Lipinski definition) is 4. The van der Waals surface area contributed by atoms with Crippen LogP contribution in [0.3, 0.4) is 0 Å². The minimum absolute atomic E-state index is 0.365. The molecule has 8 heteroatoms. The molecule has 110 valence electrons. The summed E-state index contributed by atoms with van der Waals surface area (Å²) in [4.78, 5) is 43.6. The van der Waals surface area contributed by atoms with Gasteiger partial charge in [-0.15, -0.1) is 0 Å². The Bertz CT molecular complexity index is 294. The van der Waals surface area contributed by atoms with E-state index in [0.29, 0.717) is 0 Å². The third-order valence-corrected chi connectivity index (χ3v) is 2.33. The van der Waals surface area contributed by atoms with Crippen molar-refractivity contribution >= 4 is 23.3 Å². The summed E-state index contributed by atoms with van der Waals surface area (Å²) >= 11 is 0. The van der Waals surface area contributed by atoms with E-state index in [1.165, 1.54) is 0 Å². The predicted octanol–water partition coefficient (Wildman–Crippen LogP) is -1.84. The van der Waals surface area contributed by atoms with E-state index in [9.17, 15) is 19.2 Å². The van der Waals surface area contributed by atoms with Gasteiger partial charge in [-0.2, -0.15) is 0 Å². The van der Waals surface area contributed by atoms with Crippen molar-refractivity contribution in [2.24, 2.45) is 5.41 Å². The zero-order chi connectivity index (χ0) is 15.8. The van der Waals surface area contributed by atoms with E-state index in [1.807, 2.05) is 0 Å². The molecule has 4 N–H and O–H groups in total. The van der Waals surface area contributed by atoms with Gasteiger partial charge in [0.25, 0.3) is 0 Å². The van der Waals surface area contributed by atoms with E-state index in [2.05, 4.69) is 0 Å². The summed E-state index contributed by atoms with van der Waals surface area (Å²) in [7, 11) is 0. The maximum Gasteiger partial charge on any atom is 0.332 e. The molecule has 0 fully saturated rings. The van der Waals surface area contributed by atoms with E-state index in [-0.39, 0.29) is 13.2 Å². The van der Waals surface area contributed by atoms with Crippen LogP contribution in [-0.4, -0.2) is 63.1 Å². The fraction of sp³-hybridized carbons (Fsp3) is 0.636. The summed E-state index contributed by atoms with van der Waals surface area (Å²) in [6.07, 6.45) is -0.954. The molecule has 0 aromatic rings. The van der Waals surface area contributed by atoms with Gasteiger partial charge in [-0.1, -0.05) is 0 Å². The second-order valence-electron chi connectivity index (χ2n) is 3.74. The van der Waals surface area contributed by atoms with Crippen molar-refractivity contribution in [3.05, 3.63) is 0 Å². The normalized spacial score (nSPS) is 10.5. The van der Waals surface area contributed by atoms with Crippen LogP contribution in [0.2, 0.25) is 0 Å². The Balaban J connectivity index is 0. The maximum absolute atomic E-state index is 11.0. The molecule has 0 aromatic carbocycles. The van der Waals surface area contributed by atoms with Gasteiger partial charge in [0, 0.05) is 0 Å². The Morgan fingerprint density at radius 1 is 0.895 bits per heavy atom. The van der Waals surface area contributed by atoms with Gasteiger partial charge in [0.05, 0.1) is 13.2 Å². The third kappa shape index (κ3) is 4.86. The molecular formula is C11H18O8. The summed E-state index contributed by atoms with van der Waals surface area (Å²) in [5.41, 5.74) is -2.50. The van der Waals surface area contributed by atoms with Crippen LogP contribution in [0.5, 0.6) is 0 Å². The highest BCUT2D eigenvalue weighted by molar-refractivity contribution is 6.35. The number of Topliss-reactive ketones (excluding diaryl/α,β-unsaturated/α-hetero) is 3. The van der Waals surface area contributed by atoms with Gasteiger partial charge in [-0.05, 0) is 20.8 Å². The molecule has 0 aromatic heterocycles. The molecule has 0 spiro atoms. The smallest absolute Gasteiger partial charge is 0.332 e. The number of carboxylic acids is 1. The van der Waals surface area contributed by atoms with Crippen LogP contribution in [0, 0.1) is 5.41 Å². The number of ketones is 3. The fourth-order valence-corrected chi connectivity index (χ4v) is 1.25. The van der Waals surface area contributed by atoms with Crippen molar-refractivity contribution in [1.82, 2.24) is 0 Å². The van der Waals surface area contributed by atoms with Crippen LogP contribution < -0.4 is 0 Å². The van der Waals surface area contributed by atoms with Gasteiger partial charge in [-0.25, -0.2) is 0 Å². The molecule has 0 radical (unpaired) electrons. The molecule has 0 saturated carbocycles. The van der Waals surface area contributed by atoms with Crippen molar-refractivity contribution in [1.29, 1.82) is 0 Å². The Morgan fingerprint density at radius 2 is 1.16 bits per heavy atom. The number of rotatable bonds is 6. The Morgan fingerprint density at radius 3 is 1.16 bits per heavy atom. The molecule has 0 atom stereocenters. The third-order valence-electron chi connectivity index (χ3n) is 2.33. The summed E-state index contributed by atoms with van der Waals surface area (Å²) < 4.78 is 0. The van der Waals surface area contributed by atoms with Gasteiger partial charge in [0.1, 0.15) is 6.10 Å². The molecule has 8 nitrogen and oxygen atoms in total. The Labute approximate surface area is 109 Å². The van der Waals surface area contributed by atoms with E-state index in [1.54, 1.807) is 0 Å². The highest BCUT2D eigenvalue weighted by Gasteiger charge is 2.52. The topological polar surface area (TPSA) is 149 Å². The molecule has 0 saturated heterocycles. The summed E-state index contributed by atoms with van der Waals surface area (Å²) in [5.74, 6) is -4.58. The van der Waals surface area contributed by atoms with Gasteiger partial charge in [0.2, 0.25) is 5.41 Å². The lowest BCUT2D eigenvalue weighted by Gasteiger charge is -2.19. The molecule has 0 heterocycles. The van der Waals surface area contributed by atoms with Gasteiger partial charge >= 0.3 is 5.97 Å². The van der Waals surface area contributed by atoms with Crippen LogP contribution >= 0.6 is 0 Å². The largest absolute Gasteiger partial charge is 0.480 e. The average Bonchev–Trinajstić information content (AvgIpc) is 2.27. The van der Waals surface area contributed by atoms with E-state index < -0.39 is 34.8 Å². The van der Waals surface area contributed by atoms with Crippen molar-refractivity contribution in [2.45, 2.75) is 26.9 Å². The summed E-state index contributed by atoms with van der Waals surface area (Å²) in [6, 6.07) is 0. The fourth-order valence-electron chi connectivity index (χ4n) is 1.25. The van der Waals surface area contributed by atoms with Crippen LogP contribution in [0.1, 0.15) is 20.8 Å². The highest BCUT2D eigenvalue weighted by atomic mass is 16.4.